The number of rotatable bonds is 3. The third-order valence-corrected chi connectivity index (χ3v) is 3.94. The quantitative estimate of drug-likeness (QED) is 0.879. The Bertz CT molecular complexity index is 464. The molecule has 5 heteroatoms. The molecule has 88 valence electrons. The second-order valence-electron chi connectivity index (χ2n) is 3.76. The largest absolute Gasteiger partial charge is 0.301 e. The number of nitrogens with one attached hydrogen (secondary N) is 1. The van der Waals surface area contributed by atoms with E-state index in [0.717, 1.165) is 12.8 Å². The van der Waals surface area contributed by atoms with Gasteiger partial charge in [0.25, 0.3) is 0 Å². The molecule has 1 atom stereocenters. The number of piperidine rings is 1. The summed E-state index contributed by atoms with van der Waals surface area (Å²) in [5, 5.41) is 0. The summed E-state index contributed by atoms with van der Waals surface area (Å²) in [6.07, 6.45) is 2.35. The molecule has 16 heavy (non-hydrogen) atoms. The summed E-state index contributed by atoms with van der Waals surface area (Å²) in [7, 11) is -3.59. The van der Waals surface area contributed by atoms with Crippen molar-refractivity contribution in [2.75, 3.05) is 17.8 Å². The lowest BCUT2D eigenvalue weighted by Crippen LogP contribution is -2.39. The molecule has 1 aromatic rings. The third-order valence-electron chi connectivity index (χ3n) is 2.49. The Morgan fingerprint density at radius 1 is 1.19 bits per heavy atom. The van der Waals surface area contributed by atoms with Gasteiger partial charge in [-0.3, -0.25) is 4.72 Å². The molecule has 1 aromatic carbocycles. The minimum Gasteiger partial charge on any atom is -0.271 e. The highest BCUT2D eigenvalue weighted by molar-refractivity contribution is 7.90. The van der Waals surface area contributed by atoms with Crippen LogP contribution in [-0.2, 0) is 10.2 Å². The molecule has 0 saturated carbocycles. The van der Waals surface area contributed by atoms with Crippen LogP contribution in [0.3, 0.4) is 0 Å². The summed E-state index contributed by atoms with van der Waals surface area (Å²) in [6, 6.07) is 8.76. The zero-order valence-corrected chi connectivity index (χ0v) is 9.78. The van der Waals surface area contributed by atoms with Crippen LogP contribution < -0.4 is 4.72 Å². The van der Waals surface area contributed by atoms with Gasteiger partial charge in [-0.25, -0.2) is 0 Å². The van der Waals surface area contributed by atoms with Crippen LogP contribution in [0.2, 0.25) is 0 Å². The first-order valence-electron chi connectivity index (χ1n) is 5.94. The van der Waals surface area contributed by atoms with Crippen LogP contribution in [0.25, 0.3) is 0 Å². The summed E-state index contributed by atoms with van der Waals surface area (Å²) in [5.74, 6) is 0. The van der Waals surface area contributed by atoms with Gasteiger partial charge in [-0.2, -0.15) is 12.7 Å². The summed E-state index contributed by atoms with van der Waals surface area (Å²) in [6.45, 7) is -0.235. The van der Waals surface area contributed by atoms with Crippen molar-refractivity contribution < 1.29 is 9.79 Å². The number of benzene rings is 1. The first-order chi connectivity index (χ1) is 8.09. The van der Waals surface area contributed by atoms with Crippen LogP contribution in [-0.4, -0.2) is 25.8 Å². The van der Waals surface area contributed by atoms with Gasteiger partial charge in [0.05, 0.1) is 0 Å². The molecule has 1 saturated heterocycles. The van der Waals surface area contributed by atoms with Crippen molar-refractivity contribution in [3.8, 4) is 0 Å². The van der Waals surface area contributed by atoms with E-state index in [1.165, 1.54) is 4.31 Å². The Morgan fingerprint density at radius 2 is 1.94 bits per heavy atom. The van der Waals surface area contributed by atoms with Gasteiger partial charge >= 0.3 is 10.2 Å². The topological polar surface area (TPSA) is 49.4 Å². The normalized spacial score (nSPS) is 23.8. The average molecular weight is 242 g/mol. The summed E-state index contributed by atoms with van der Waals surface area (Å²) >= 11 is 0. The molecule has 0 amide bonds. The average Bonchev–Trinajstić information content (AvgIpc) is 2.30. The Morgan fingerprint density at radius 3 is 2.62 bits per heavy atom. The predicted molar refractivity (Wildman–Crippen MR) is 64.4 cm³/mol. The maximum absolute atomic E-state index is 12.1. The SMILES string of the molecule is [3H]C1CCCCN1S(=O)(=O)Nc1ccccc1. The van der Waals surface area contributed by atoms with E-state index in [0.29, 0.717) is 18.7 Å². The summed E-state index contributed by atoms with van der Waals surface area (Å²) in [5.41, 5.74) is 0.533. The molecule has 1 aliphatic rings. The number of para-hydroxylation sites is 1. The van der Waals surface area contributed by atoms with Crippen LogP contribution in [0.4, 0.5) is 5.69 Å². The van der Waals surface area contributed by atoms with Gasteiger partial charge in [0.2, 0.25) is 0 Å². The maximum atomic E-state index is 12.1. The van der Waals surface area contributed by atoms with E-state index in [1.54, 1.807) is 24.3 Å². The standard InChI is InChI=1S/C11H16N2O2S/c14-16(15,13-9-5-2-6-10-13)12-11-7-3-1-4-8-11/h1,3-4,7-8,12H,2,5-6,9-10H2/i9T. The molecule has 2 rings (SSSR count). The van der Waals surface area contributed by atoms with Gasteiger partial charge in [-0.1, -0.05) is 24.6 Å². The highest BCUT2D eigenvalue weighted by atomic mass is 32.2. The van der Waals surface area contributed by atoms with E-state index < -0.39 is 16.7 Å². The fourth-order valence-electron chi connectivity index (χ4n) is 1.67. The Balaban J connectivity index is 2.13. The summed E-state index contributed by atoms with van der Waals surface area (Å²) in [4.78, 5) is 0. The monoisotopic (exact) mass is 242 g/mol. The lowest BCUT2D eigenvalue weighted by atomic mass is 10.2. The van der Waals surface area contributed by atoms with Gasteiger partial charge < -0.3 is 0 Å². The van der Waals surface area contributed by atoms with Crippen LogP contribution in [0, 0.1) is 0 Å². The van der Waals surface area contributed by atoms with Gasteiger partial charge in [0, 0.05) is 20.1 Å². The molecular weight excluding hydrogens is 224 g/mol. The predicted octanol–water partition coefficient (Wildman–Crippen LogP) is 1.83. The van der Waals surface area contributed by atoms with E-state index in [-0.39, 0.29) is 0 Å². The van der Waals surface area contributed by atoms with Crippen molar-refractivity contribution in [2.45, 2.75) is 19.3 Å². The number of hydrogen-bond donors (Lipinski definition) is 1. The zero-order valence-electron chi connectivity index (χ0n) is 9.96. The molecule has 1 unspecified atom stereocenters. The zero-order chi connectivity index (χ0) is 12.3. The van der Waals surface area contributed by atoms with E-state index in [4.69, 9.17) is 1.37 Å². The van der Waals surface area contributed by atoms with Crippen LogP contribution >= 0.6 is 0 Å². The van der Waals surface area contributed by atoms with Gasteiger partial charge in [0.1, 0.15) is 0 Å². The van der Waals surface area contributed by atoms with Gasteiger partial charge in [0.15, 0.2) is 0 Å². The van der Waals surface area contributed by atoms with Gasteiger partial charge in [-0.15, -0.1) is 0 Å². The lowest BCUT2D eigenvalue weighted by Gasteiger charge is -2.26. The molecule has 1 heterocycles. The van der Waals surface area contributed by atoms with Crippen molar-refractivity contribution in [2.24, 2.45) is 0 Å². The molecule has 0 radical (unpaired) electrons. The minimum atomic E-state index is -3.59. The highest BCUT2D eigenvalue weighted by Gasteiger charge is 2.23. The summed E-state index contributed by atoms with van der Waals surface area (Å²) < 4.78 is 35.6. The van der Waals surface area contributed by atoms with Crippen molar-refractivity contribution in [3.63, 3.8) is 0 Å². The van der Waals surface area contributed by atoms with Crippen molar-refractivity contribution in [3.05, 3.63) is 30.3 Å². The fourth-order valence-corrected chi connectivity index (χ4v) is 2.89. The molecule has 0 aliphatic carbocycles. The van der Waals surface area contributed by atoms with E-state index in [2.05, 4.69) is 4.72 Å². The minimum absolute atomic E-state index is 0.427. The van der Waals surface area contributed by atoms with E-state index >= 15 is 0 Å². The molecule has 1 fully saturated rings. The lowest BCUT2D eigenvalue weighted by molar-refractivity contribution is 0.349. The smallest absolute Gasteiger partial charge is 0.271 e. The third kappa shape index (κ3) is 2.74. The molecule has 0 aromatic heterocycles. The van der Waals surface area contributed by atoms with Crippen LogP contribution in [0.1, 0.15) is 20.6 Å². The number of nitrogens with zero attached hydrogens (tertiary/aromatic N) is 1. The molecule has 1 aliphatic heterocycles. The molecule has 0 bridgehead atoms. The van der Waals surface area contributed by atoms with E-state index in [9.17, 15) is 8.42 Å². The molecule has 0 spiro atoms. The Hall–Kier alpha value is -1.07. The maximum Gasteiger partial charge on any atom is 0.301 e. The van der Waals surface area contributed by atoms with E-state index in [1.807, 2.05) is 6.07 Å². The fraction of sp³-hybridized carbons (Fsp3) is 0.455. The van der Waals surface area contributed by atoms with Crippen molar-refractivity contribution in [1.82, 2.24) is 4.31 Å². The second-order valence-corrected chi connectivity index (χ2v) is 5.39. The molecule has 4 nitrogen and oxygen atoms in total. The molecular formula is C11H16N2O2S. The Kier molecular flexibility index (Phi) is 3.06. The first-order valence-corrected chi connectivity index (χ1v) is 6.80. The first kappa shape index (κ1) is 10.1. The second kappa shape index (κ2) is 4.84. The van der Waals surface area contributed by atoms with Crippen molar-refractivity contribution >= 4 is 15.9 Å². The van der Waals surface area contributed by atoms with Gasteiger partial charge in [-0.05, 0) is 25.0 Å². The number of anilines is 1. The van der Waals surface area contributed by atoms with Crippen LogP contribution in [0.15, 0.2) is 30.3 Å². The Labute approximate surface area is 97.9 Å². The van der Waals surface area contributed by atoms with Crippen molar-refractivity contribution in [1.29, 1.82) is 0 Å². The molecule has 1 N–H and O–H groups in total. The number of hydrogen-bond acceptors (Lipinski definition) is 2. The van der Waals surface area contributed by atoms with Crippen LogP contribution in [0.5, 0.6) is 0 Å². The highest BCUT2D eigenvalue weighted by Crippen LogP contribution is 2.15.